The lowest BCUT2D eigenvalue weighted by Crippen LogP contribution is -2.22. The van der Waals surface area contributed by atoms with Gasteiger partial charge < -0.3 is 4.74 Å². The molecule has 0 radical (unpaired) electrons. The van der Waals surface area contributed by atoms with Crippen molar-refractivity contribution in [3.05, 3.63) is 65.7 Å². The molecule has 110 valence electrons. The van der Waals surface area contributed by atoms with E-state index in [0.29, 0.717) is 6.42 Å². The zero-order valence-electron chi connectivity index (χ0n) is 12.9. The molecule has 0 aliphatic carbocycles. The molecule has 0 N–H and O–H groups in total. The molecule has 0 aliphatic heterocycles. The molecule has 0 fully saturated rings. The van der Waals surface area contributed by atoms with Gasteiger partial charge in [-0.25, -0.2) is 0 Å². The zero-order valence-corrected chi connectivity index (χ0v) is 12.9. The summed E-state index contributed by atoms with van der Waals surface area (Å²) in [5, 5.41) is 0. The first kappa shape index (κ1) is 15.3. The average Bonchev–Trinajstić information content (AvgIpc) is 2.45. The van der Waals surface area contributed by atoms with Crippen LogP contribution in [0.3, 0.4) is 0 Å². The average molecular weight is 282 g/mol. The zero-order chi connectivity index (χ0) is 15.3. The molecule has 2 aromatic rings. The Hall–Kier alpha value is -2.09. The third-order valence-corrected chi connectivity index (χ3v) is 3.08. The first-order valence-electron chi connectivity index (χ1n) is 7.30. The molecule has 2 heteroatoms. The Kier molecular flexibility index (Phi) is 4.79. The third kappa shape index (κ3) is 5.07. The fourth-order valence-electron chi connectivity index (χ4n) is 2.11. The predicted octanol–water partition coefficient (Wildman–Crippen LogP) is 4.68. The number of rotatable bonds is 5. The van der Waals surface area contributed by atoms with E-state index in [0.717, 1.165) is 17.7 Å². The summed E-state index contributed by atoms with van der Waals surface area (Å²) >= 11 is 0. The Bertz CT molecular complexity index is 577. The minimum atomic E-state index is -0.223. The summed E-state index contributed by atoms with van der Waals surface area (Å²) in [6, 6.07) is 17.5. The standard InChI is InChI=1S/C19H22O2/c1-19(2,3)21-17-12-10-16(11-13-17)18(20)14-9-15-7-5-4-6-8-15/h4-8,10-13H,9,14H2,1-3H3. The van der Waals surface area contributed by atoms with E-state index in [4.69, 9.17) is 4.74 Å². The Morgan fingerprint density at radius 3 is 2.14 bits per heavy atom. The number of benzene rings is 2. The van der Waals surface area contributed by atoms with Crippen molar-refractivity contribution in [1.29, 1.82) is 0 Å². The molecular formula is C19H22O2. The molecular weight excluding hydrogens is 260 g/mol. The second kappa shape index (κ2) is 6.57. The summed E-state index contributed by atoms with van der Waals surface area (Å²) in [7, 11) is 0. The van der Waals surface area contributed by atoms with Crippen LogP contribution >= 0.6 is 0 Å². The smallest absolute Gasteiger partial charge is 0.163 e. The van der Waals surface area contributed by atoms with E-state index in [2.05, 4.69) is 0 Å². The highest BCUT2D eigenvalue weighted by molar-refractivity contribution is 5.96. The van der Waals surface area contributed by atoms with Gasteiger partial charge in [-0.3, -0.25) is 4.79 Å². The molecule has 0 amide bonds. The van der Waals surface area contributed by atoms with E-state index in [1.807, 2.05) is 75.4 Å². The first-order valence-corrected chi connectivity index (χ1v) is 7.30. The quantitative estimate of drug-likeness (QED) is 0.744. The van der Waals surface area contributed by atoms with E-state index in [-0.39, 0.29) is 11.4 Å². The van der Waals surface area contributed by atoms with Crippen molar-refractivity contribution in [3.8, 4) is 5.75 Å². The van der Waals surface area contributed by atoms with Crippen molar-refractivity contribution < 1.29 is 9.53 Å². The maximum atomic E-state index is 12.2. The van der Waals surface area contributed by atoms with Gasteiger partial charge in [0, 0.05) is 12.0 Å². The van der Waals surface area contributed by atoms with Crippen LogP contribution in [0, 0.1) is 0 Å². The highest BCUT2D eigenvalue weighted by Gasteiger charge is 2.12. The van der Waals surface area contributed by atoms with Gasteiger partial charge >= 0.3 is 0 Å². The van der Waals surface area contributed by atoms with Gasteiger partial charge in [-0.15, -0.1) is 0 Å². The van der Waals surface area contributed by atoms with Gasteiger partial charge in [0.05, 0.1) is 0 Å². The topological polar surface area (TPSA) is 26.3 Å². The van der Waals surface area contributed by atoms with Crippen LogP contribution in [0.4, 0.5) is 0 Å². The summed E-state index contributed by atoms with van der Waals surface area (Å²) in [5.41, 5.74) is 1.71. The summed E-state index contributed by atoms with van der Waals surface area (Å²) in [4.78, 5) is 12.2. The Labute approximate surface area is 126 Å². The number of aryl methyl sites for hydroxylation is 1. The van der Waals surface area contributed by atoms with Gasteiger partial charge in [-0.05, 0) is 57.0 Å². The Morgan fingerprint density at radius 2 is 1.57 bits per heavy atom. The predicted molar refractivity (Wildman–Crippen MR) is 85.9 cm³/mol. The molecule has 2 aromatic carbocycles. The lowest BCUT2D eigenvalue weighted by molar-refractivity contribution is 0.0982. The van der Waals surface area contributed by atoms with Gasteiger partial charge in [-0.1, -0.05) is 30.3 Å². The van der Waals surface area contributed by atoms with Crippen LogP contribution in [0.2, 0.25) is 0 Å². The molecule has 0 atom stereocenters. The monoisotopic (exact) mass is 282 g/mol. The first-order chi connectivity index (χ1) is 9.94. The summed E-state index contributed by atoms with van der Waals surface area (Å²) in [5.74, 6) is 0.961. The van der Waals surface area contributed by atoms with Gasteiger partial charge in [0.1, 0.15) is 11.4 Å². The van der Waals surface area contributed by atoms with Crippen molar-refractivity contribution in [3.63, 3.8) is 0 Å². The lowest BCUT2D eigenvalue weighted by atomic mass is 10.0. The Balaban J connectivity index is 1.94. The molecule has 2 nitrogen and oxygen atoms in total. The van der Waals surface area contributed by atoms with Crippen LogP contribution in [-0.2, 0) is 6.42 Å². The van der Waals surface area contributed by atoms with Crippen molar-refractivity contribution in [2.45, 2.75) is 39.2 Å². The molecule has 0 saturated heterocycles. The molecule has 0 aliphatic rings. The van der Waals surface area contributed by atoms with E-state index in [9.17, 15) is 4.79 Å². The van der Waals surface area contributed by atoms with E-state index >= 15 is 0 Å². The second-order valence-electron chi connectivity index (χ2n) is 6.15. The van der Waals surface area contributed by atoms with E-state index in [1.54, 1.807) is 0 Å². The van der Waals surface area contributed by atoms with Crippen LogP contribution in [0.25, 0.3) is 0 Å². The number of ketones is 1. The normalized spacial score (nSPS) is 11.2. The van der Waals surface area contributed by atoms with Gasteiger partial charge in [0.15, 0.2) is 5.78 Å². The fourth-order valence-corrected chi connectivity index (χ4v) is 2.11. The van der Waals surface area contributed by atoms with Crippen LogP contribution in [-0.4, -0.2) is 11.4 Å². The van der Waals surface area contributed by atoms with Gasteiger partial charge in [0.2, 0.25) is 0 Å². The number of hydrogen-bond acceptors (Lipinski definition) is 2. The van der Waals surface area contributed by atoms with Crippen LogP contribution in [0.1, 0.15) is 43.1 Å². The molecule has 0 aromatic heterocycles. The van der Waals surface area contributed by atoms with Crippen molar-refractivity contribution >= 4 is 5.78 Å². The lowest BCUT2D eigenvalue weighted by Gasteiger charge is -2.21. The number of ether oxygens (including phenoxy) is 1. The van der Waals surface area contributed by atoms with Gasteiger partial charge in [-0.2, -0.15) is 0 Å². The number of carbonyl (C=O) groups is 1. The Morgan fingerprint density at radius 1 is 0.952 bits per heavy atom. The molecule has 0 unspecified atom stereocenters. The van der Waals surface area contributed by atoms with Crippen LogP contribution in [0.5, 0.6) is 5.75 Å². The van der Waals surface area contributed by atoms with Crippen molar-refractivity contribution in [2.75, 3.05) is 0 Å². The number of Topliss-reactive ketones (excluding diaryl/α,β-unsaturated/α-hetero) is 1. The largest absolute Gasteiger partial charge is 0.488 e. The highest BCUT2D eigenvalue weighted by atomic mass is 16.5. The fraction of sp³-hybridized carbons (Fsp3) is 0.316. The summed E-state index contributed by atoms with van der Waals surface area (Å²) < 4.78 is 5.75. The van der Waals surface area contributed by atoms with Crippen LogP contribution < -0.4 is 4.74 Å². The van der Waals surface area contributed by atoms with Crippen molar-refractivity contribution in [2.24, 2.45) is 0 Å². The van der Waals surface area contributed by atoms with Gasteiger partial charge in [0.25, 0.3) is 0 Å². The molecule has 0 spiro atoms. The van der Waals surface area contributed by atoms with Crippen molar-refractivity contribution in [1.82, 2.24) is 0 Å². The molecule has 0 bridgehead atoms. The molecule has 21 heavy (non-hydrogen) atoms. The van der Waals surface area contributed by atoms with Crippen LogP contribution in [0.15, 0.2) is 54.6 Å². The van der Waals surface area contributed by atoms with E-state index in [1.165, 1.54) is 5.56 Å². The number of carbonyl (C=O) groups excluding carboxylic acids is 1. The third-order valence-electron chi connectivity index (χ3n) is 3.08. The minimum Gasteiger partial charge on any atom is -0.488 e. The maximum absolute atomic E-state index is 12.2. The minimum absolute atomic E-state index is 0.168. The highest BCUT2D eigenvalue weighted by Crippen LogP contribution is 2.19. The van der Waals surface area contributed by atoms with E-state index < -0.39 is 0 Å². The maximum Gasteiger partial charge on any atom is 0.163 e. The second-order valence-corrected chi connectivity index (χ2v) is 6.15. The molecule has 0 heterocycles. The number of hydrogen-bond donors (Lipinski definition) is 0. The summed E-state index contributed by atoms with van der Waals surface area (Å²) in [6.45, 7) is 6.02. The summed E-state index contributed by atoms with van der Waals surface area (Å²) in [6.07, 6.45) is 1.31. The SMILES string of the molecule is CC(C)(C)Oc1ccc(C(=O)CCc2ccccc2)cc1. The molecule has 2 rings (SSSR count). The molecule has 0 saturated carbocycles.